The Bertz CT molecular complexity index is 369. The van der Waals surface area contributed by atoms with Gasteiger partial charge in [-0.3, -0.25) is 9.80 Å². The van der Waals surface area contributed by atoms with Crippen molar-refractivity contribution in [2.45, 2.75) is 25.4 Å². The normalized spacial score (nSPS) is 22.9. The third-order valence-corrected chi connectivity index (χ3v) is 3.74. The molecular formula is C12H17ClN4. The maximum absolute atomic E-state index is 5.72. The van der Waals surface area contributed by atoms with Crippen LogP contribution < -0.4 is 0 Å². The summed E-state index contributed by atoms with van der Waals surface area (Å²) in [7, 11) is 0. The molecule has 0 unspecified atom stereocenters. The van der Waals surface area contributed by atoms with Gasteiger partial charge in [-0.25, -0.2) is 0 Å². The zero-order chi connectivity index (χ0) is 11.7. The van der Waals surface area contributed by atoms with Gasteiger partial charge in [0, 0.05) is 38.8 Å². The molecule has 1 aromatic rings. The first-order valence-electron chi connectivity index (χ1n) is 6.26. The van der Waals surface area contributed by atoms with E-state index in [-0.39, 0.29) is 0 Å². The molecule has 2 heterocycles. The summed E-state index contributed by atoms with van der Waals surface area (Å²) in [5, 5.41) is 8.44. The summed E-state index contributed by atoms with van der Waals surface area (Å²) in [6, 6.07) is 4.67. The van der Waals surface area contributed by atoms with Crippen molar-refractivity contribution in [2.75, 3.05) is 26.2 Å². The predicted molar refractivity (Wildman–Crippen MR) is 66.9 cm³/mol. The summed E-state index contributed by atoms with van der Waals surface area (Å²) >= 11 is 5.72. The van der Waals surface area contributed by atoms with Crippen molar-refractivity contribution in [3.05, 3.63) is 23.0 Å². The smallest absolute Gasteiger partial charge is 0.151 e. The topological polar surface area (TPSA) is 32.3 Å². The van der Waals surface area contributed by atoms with Crippen molar-refractivity contribution < 1.29 is 0 Å². The summed E-state index contributed by atoms with van der Waals surface area (Å²) in [5.41, 5.74) is 1.01. The molecule has 0 amide bonds. The molecule has 1 aliphatic carbocycles. The van der Waals surface area contributed by atoms with Crippen LogP contribution in [-0.4, -0.2) is 52.2 Å². The third kappa shape index (κ3) is 2.94. The lowest BCUT2D eigenvalue weighted by molar-refractivity contribution is 0.120. The number of hydrogen-bond acceptors (Lipinski definition) is 4. The highest BCUT2D eigenvalue weighted by atomic mass is 35.5. The minimum atomic E-state index is 0.465. The largest absolute Gasteiger partial charge is 0.298 e. The van der Waals surface area contributed by atoms with E-state index < -0.39 is 0 Å². The average molecular weight is 253 g/mol. The Hall–Kier alpha value is -0.710. The van der Waals surface area contributed by atoms with Crippen molar-refractivity contribution in [1.29, 1.82) is 0 Å². The SMILES string of the molecule is Clc1ccc(CN2CCN(C3CC3)CC2)nn1. The van der Waals surface area contributed by atoms with E-state index in [0.29, 0.717) is 5.15 Å². The average Bonchev–Trinajstić information content (AvgIpc) is 3.17. The van der Waals surface area contributed by atoms with E-state index in [1.807, 2.05) is 12.1 Å². The highest BCUT2D eigenvalue weighted by Crippen LogP contribution is 2.27. The molecule has 1 aliphatic heterocycles. The van der Waals surface area contributed by atoms with Crippen LogP contribution in [0.15, 0.2) is 12.1 Å². The molecule has 0 radical (unpaired) electrons. The molecule has 0 N–H and O–H groups in total. The molecule has 1 aromatic heterocycles. The Morgan fingerprint density at radius 2 is 1.88 bits per heavy atom. The van der Waals surface area contributed by atoms with Crippen molar-refractivity contribution in [3.8, 4) is 0 Å². The number of rotatable bonds is 3. The summed E-state index contributed by atoms with van der Waals surface area (Å²) in [5.74, 6) is 0. The van der Waals surface area contributed by atoms with Crippen molar-refractivity contribution in [1.82, 2.24) is 20.0 Å². The number of piperazine rings is 1. The van der Waals surface area contributed by atoms with E-state index in [1.165, 1.54) is 25.9 Å². The molecular weight excluding hydrogens is 236 g/mol. The van der Waals surface area contributed by atoms with Crippen LogP contribution >= 0.6 is 11.6 Å². The van der Waals surface area contributed by atoms with E-state index in [1.54, 1.807) is 0 Å². The van der Waals surface area contributed by atoms with Crippen LogP contribution in [0.2, 0.25) is 5.15 Å². The standard InChI is InChI=1S/C12H17ClN4/c13-12-4-1-10(14-15-12)9-16-5-7-17(8-6-16)11-2-3-11/h1,4,11H,2-3,5-9H2. The third-order valence-electron chi connectivity index (χ3n) is 3.54. The second-order valence-corrected chi connectivity index (χ2v) is 5.28. The Labute approximate surface area is 107 Å². The van der Waals surface area contributed by atoms with Gasteiger partial charge in [0.1, 0.15) is 0 Å². The van der Waals surface area contributed by atoms with Gasteiger partial charge in [0.05, 0.1) is 5.69 Å². The maximum Gasteiger partial charge on any atom is 0.151 e. The summed E-state index contributed by atoms with van der Waals surface area (Å²) in [4.78, 5) is 5.06. The van der Waals surface area contributed by atoms with E-state index in [2.05, 4.69) is 20.0 Å². The quantitative estimate of drug-likeness (QED) is 0.814. The molecule has 4 nitrogen and oxygen atoms in total. The van der Waals surface area contributed by atoms with Crippen LogP contribution in [0.1, 0.15) is 18.5 Å². The van der Waals surface area contributed by atoms with Gasteiger partial charge in [-0.1, -0.05) is 11.6 Å². The van der Waals surface area contributed by atoms with Gasteiger partial charge in [0.2, 0.25) is 0 Å². The Balaban J connectivity index is 1.51. The van der Waals surface area contributed by atoms with E-state index in [0.717, 1.165) is 31.4 Å². The van der Waals surface area contributed by atoms with Crippen molar-refractivity contribution in [3.63, 3.8) is 0 Å². The molecule has 0 bridgehead atoms. The van der Waals surface area contributed by atoms with Gasteiger partial charge in [-0.15, -0.1) is 5.10 Å². The van der Waals surface area contributed by atoms with E-state index in [9.17, 15) is 0 Å². The fourth-order valence-electron chi connectivity index (χ4n) is 2.38. The first kappa shape index (κ1) is 11.4. The molecule has 1 saturated heterocycles. The van der Waals surface area contributed by atoms with Gasteiger partial charge in [0.15, 0.2) is 5.15 Å². The summed E-state index contributed by atoms with van der Waals surface area (Å²) < 4.78 is 0. The Kier molecular flexibility index (Phi) is 3.27. The molecule has 0 spiro atoms. The van der Waals surface area contributed by atoms with Crippen LogP contribution in [0.4, 0.5) is 0 Å². The fraction of sp³-hybridized carbons (Fsp3) is 0.667. The number of nitrogens with zero attached hydrogens (tertiary/aromatic N) is 4. The monoisotopic (exact) mass is 252 g/mol. The molecule has 5 heteroatoms. The fourth-order valence-corrected chi connectivity index (χ4v) is 2.48. The first-order valence-corrected chi connectivity index (χ1v) is 6.63. The zero-order valence-corrected chi connectivity index (χ0v) is 10.6. The lowest BCUT2D eigenvalue weighted by Crippen LogP contribution is -2.46. The van der Waals surface area contributed by atoms with E-state index in [4.69, 9.17) is 11.6 Å². The van der Waals surface area contributed by atoms with Crippen LogP contribution in [0.3, 0.4) is 0 Å². The highest BCUT2D eigenvalue weighted by molar-refractivity contribution is 6.29. The lowest BCUT2D eigenvalue weighted by atomic mass is 10.3. The number of aromatic nitrogens is 2. The Morgan fingerprint density at radius 3 is 2.47 bits per heavy atom. The van der Waals surface area contributed by atoms with Gasteiger partial charge in [0.25, 0.3) is 0 Å². The molecule has 3 rings (SSSR count). The highest BCUT2D eigenvalue weighted by Gasteiger charge is 2.31. The minimum Gasteiger partial charge on any atom is -0.298 e. The predicted octanol–water partition coefficient (Wildman–Crippen LogP) is 1.41. The lowest BCUT2D eigenvalue weighted by Gasteiger charge is -2.34. The van der Waals surface area contributed by atoms with Gasteiger partial charge in [-0.2, -0.15) is 5.10 Å². The van der Waals surface area contributed by atoms with Crippen molar-refractivity contribution in [2.24, 2.45) is 0 Å². The Morgan fingerprint density at radius 1 is 1.12 bits per heavy atom. The van der Waals surface area contributed by atoms with Gasteiger partial charge >= 0.3 is 0 Å². The second kappa shape index (κ2) is 4.88. The molecule has 2 fully saturated rings. The molecule has 2 aliphatic rings. The van der Waals surface area contributed by atoms with Crippen LogP contribution in [0.5, 0.6) is 0 Å². The van der Waals surface area contributed by atoms with Crippen molar-refractivity contribution >= 4 is 11.6 Å². The summed E-state index contributed by atoms with van der Waals surface area (Å²) in [6.45, 7) is 5.57. The number of hydrogen-bond donors (Lipinski definition) is 0. The first-order chi connectivity index (χ1) is 8.31. The van der Waals surface area contributed by atoms with Gasteiger partial charge < -0.3 is 0 Å². The molecule has 1 saturated carbocycles. The maximum atomic E-state index is 5.72. The molecule has 92 valence electrons. The van der Waals surface area contributed by atoms with Crippen LogP contribution in [0.25, 0.3) is 0 Å². The minimum absolute atomic E-state index is 0.465. The summed E-state index contributed by atoms with van der Waals surface area (Å²) in [6.07, 6.45) is 2.81. The number of halogens is 1. The molecule has 0 atom stereocenters. The van der Waals surface area contributed by atoms with Crippen LogP contribution in [-0.2, 0) is 6.54 Å². The molecule has 0 aromatic carbocycles. The van der Waals surface area contributed by atoms with Crippen LogP contribution in [0, 0.1) is 0 Å². The van der Waals surface area contributed by atoms with Gasteiger partial charge in [-0.05, 0) is 25.0 Å². The second-order valence-electron chi connectivity index (χ2n) is 4.89. The molecule has 17 heavy (non-hydrogen) atoms. The zero-order valence-electron chi connectivity index (χ0n) is 9.85. The van der Waals surface area contributed by atoms with E-state index >= 15 is 0 Å².